The molecule has 1 saturated heterocycles. The highest BCUT2D eigenvalue weighted by molar-refractivity contribution is 14.0. The topological polar surface area (TPSA) is 60.0 Å². The van der Waals surface area contributed by atoms with Crippen LogP contribution in [-0.4, -0.2) is 67.5 Å². The van der Waals surface area contributed by atoms with E-state index in [-0.39, 0.29) is 36.4 Å². The summed E-state index contributed by atoms with van der Waals surface area (Å²) in [6, 6.07) is 12.1. The molecule has 0 radical (unpaired) electrons. The van der Waals surface area contributed by atoms with Crippen molar-refractivity contribution >= 4 is 35.8 Å². The average molecular weight is 527 g/mol. The number of guanidine groups is 1. The van der Waals surface area contributed by atoms with Crippen molar-refractivity contribution in [1.29, 1.82) is 0 Å². The summed E-state index contributed by atoms with van der Waals surface area (Å²) in [6.07, 6.45) is 7.10. The molecule has 0 bridgehead atoms. The number of nitrogens with zero attached hydrogens (tertiary/aromatic N) is 3. The van der Waals surface area contributed by atoms with E-state index in [9.17, 15) is 4.79 Å². The van der Waals surface area contributed by atoms with E-state index in [1.54, 1.807) is 19.0 Å². The number of hydrogen-bond acceptors (Lipinski definition) is 3. The molecule has 1 aliphatic carbocycles. The van der Waals surface area contributed by atoms with Crippen LogP contribution in [0.1, 0.15) is 57.1 Å². The third-order valence-electron chi connectivity index (χ3n) is 6.27. The molecule has 1 amide bonds. The zero-order valence-corrected chi connectivity index (χ0v) is 21.0. The number of benzene rings is 1. The normalized spacial score (nSPS) is 19.8. The Morgan fingerprint density at radius 2 is 1.63 bits per heavy atom. The number of likely N-dealkylation sites (N-methyl/N-ethyl adjacent to an activating group) is 1. The summed E-state index contributed by atoms with van der Waals surface area (Å²) >= 11 is 0. The summed E-state index contributed by atoms with van der Waals surface area (Å²) in [6.45, 7) is 4.63. The SMILES string of the molecule is CC(c1ccccc1)N1CCC(NC(=NCC(=O)N(C)C)NC2CCCC2)CC1.I. The quantitative estimate of drug-likeness (QED) is 0.339. The van der Waals surface area contributed by atoms with Crippen LogP contribution in [-0.2, 0) is 4.79 Å². The molecule has 3 rings (SSSR count). The second-order valence-corrected chi connectivity index (χ2v) is 8.62. The van der Waals surface area contributed by atoms with Gasteiger partial charge in [0.15, 0.2) is 5.96 Å². The molecule has 168 valence electrons. The molecule has 1 aromatic carbocycles. The molecule has 0 aromatic heterocycles. The van der Waals surface area contributed by atoms with E-state index in [2.05, 4.69) is 57.8 Å². The van der Waals surface area contributed by atoms with E-state index in [0.717, 1.165) is 31.9 Å². The molecular formula is C23H38IN5O. The molecule has 1 heterocycles. The number of halogens is 1. The maximum atomic E-state index is 12.0. The van der Waals surface area contributed by atoms with Crippen molar-refractivity contribution in [3.63, 3.8) is 0 Å². The van der Waals surface area contributed by atoms with Crippen molar-refractivity contribution in [2.24, 2.45) is 4.99 Å². The summed E-state index contributed by atoms with van der Waals surface area (Å²) in [5.41, 5.74) is 1.38. The minimum absolute atomic E-state index is 0. The Balaban J connectivity index is 0.00000320. The van der Waals surface area contributed by atoms with Crippen molar-refractivity contribution in [3.8, 4) is 0 Å². The molecule has 7 heteroatoms. The highest BCUT2D eigenvalue weighted by Crippen LogP contribution is 2.24. The maximum absolute atomic E-state index is 12.0. The zero-order valence-electron chi connectivity index (χ0n) is 18.6. The van der Waals surface area contributed by atoms with Gasteiger partial charge in [0.1, 0.15) is 6.54 Å². The van der Waals surface area contributed by atoms with E-state index in [1.807, 2.05) is 0 Å². The molecule has 30 heavy (non-hydrogen) atoms. The molecule has 2 aliphatic rings. The zero-order chi connectivity index (χ0) is 20.6. The third-order valence-corrected chi connectivity index (χ3v) is 6.27. The number of nitrogens with one attached hydrogen (secondary N) is 2. The maximum Gasteiger partial charge on any atom is 0.243 e. The Morgan fingerprint density at radius 1 is 1.07 bits per heavy atom. The highest BCUT2D eigenvalue weighted by atomic mass is 127. The predicted octanol–water partition coefficient (Wildman–Crippen LogP) is 3.40. The Bertz CT molecular complexity index is 667. The number of aliphatic imine (C=N–C) groups is 1. The van der Waals surface area contributed by atoms with Crippen molar-refractivity contribution in [3.05, 3.63) is 35.9 Å². The minimum Gasteiger partial charge on any atom is -0.354 e. The van der Waals surface area contributed by atoms with E-state index in [1.165, 1.54) is 31.2 Å². The molecule has 1 aromatic rings. The van der Waals surface area contributed by atoms with Crippen LogP contribution >= 0.6 is 24.0 Å². The van der Waals surface area contributed by atoms with Crippen LogP contribution in [0.15, 0.2) is 35.3 Å². The molecule has 2 fully saturated rings. The van der Waals surface area contributed by atoms with Gasteiger partial charge in [-0.25, -0.2) is 4.99 Å². The molecule has 1 saturated carbocycles. The van der Waals surface area contributed by atoms with E-state index < -0.39 is 0 Å². The first kappa shape index (κ1) is 24.9. The molecule has 0 spiro atoms. The summed E-state index contributed by atoms with van der Waals surface area (Å²) in [4.78, 5) is 20.7. The fourth-order valence-corrected chi connectivity index (χ4v) is 4.25. The largest absolute Gasteiger partial charge is 0.354 e. The Hall–Kier alpha value is -1.35. The third kappa shape index (κ3) is 7.41. The number of hydrogen-bond donors (Lipinski definition) is 2. The second kappa shape index (κ2) is 12.5. The summed E-state index contributed by atoms with van der Waals surface area (Å²) in [5.74, 6) is 0.839. The number of rotatable bonds is 6. The number of likely N-dealkylation sites (tertiary alicyclic amines) is 1. The number of carbonyl (C=O) groups is 1. The van der Waals surface area contributed by atoms with Crippen LogP contribution in [0, 0.1) is 0 Å². The van der Waals surface area contributed by atoms with E-state index in [0.29, 0.717) is 18.1 Å². The van der Waals surface area contributed by atoms with Crippen molar-refractivity contribution in [2.45, 2.75) is 63.6 Å². The number of carbonyl (C=O) groups excluding carboxylic acids is 1. The van der Waals surface area contributed by atoms with Gasteiger partial charge in [0, 0.05) is 45.3 Å². The van der Waals surface area contributed by atoms with Crippen LogP contribution in [0.3, 0.4) is 0 Å². The average Bonchev–Trinajstić information content (AvgIpc) is 3.25. The fourth-order valence-electron chi connectivity index (χ4n) is 4.25. The predicted molar refractivity (Wildman–Crippen MR) is 134 cm³/mol. The number of amides is 1. The van der Waals surface area contributed by atoms with E-state index >= 15 is 0 Å². The van der Waals surface area contributed by atoms with Crippen LogP contribution < -0.4 is 10.6 Å². The van der Waals surface area contributed by atoms with Gasteiger partial charge < -0.3 is 15.5 Å². The van der Waals surface area contributed by atoms with Gasteiger partial charge in [-0.15, -0.1) is 24.0 Å². The number of piperidine rings is 1. The minimum atomic E-state index is 0. The van der Waals surface area contributed by atoms with Crippen LogP contribution in [0.5, 0.6) is 0 Å². The van der Waals surface area contributed by atoms with Gasteiger partial charge in [0.25, 0.3) is 0 Å². The molecule has 2 N–H and O–H groups in total. The first-order valence-electron chi connectivity index (χ1n) is 11.1. The lowest BCUT2D eigenvalue weighted by molar-refractivity contribution is -0.127. The second-order valence-electron chi connectivity index (χ2n) is 8.62. The summed E-state index contributed by atoms with van der Waals surface area (Å²) in [5, 5.41) is 7.19. The van der Waals surface area contributed by atoms with Gasteiger partial charge in [-0.3, -0.25) is 9.69 Å². The molecular weight excluding hydrogens is 489 g/mol. The van der Waals surface area contributed by atoms with Crippen LogP contribution in [0.2, 0.25) is 0 Å². The highest BCUT2D eigenvalue weighted by Gasteiger charge is 2.25. The van der Waals surface area contributed by atoms with Crippen molar-refractivity contribution in [2.75, 3.05) is 33.7 Å². The van der Waals surface area contributed by atoms with Gasteiger partial charge in [0.05, 0.1) is 0 Å². The summed E-state index contributed by atoms with van der Waals surface area (Å²) in [7, 11) is 3.55. The molecule has 1 aliphatic heterocycles. The lowest BCUT2D eigenvalue weighted by atomic mass is 10.0. The Morgan fingerprint density at radius 3 is 2.20 bits per heavy atom. The van der Waals surface area contributed by atoms with E-state index in [4.69, 9.17) is 0 Å². The lowest BCUT2D eigenvalue weighted by Gasteiger charge is -2.37. The van der Waals surface area contributed by atoms with Crippen molar-refractivity contribution in [1.82, 2.24) is 20.4 Å². The standard InChI is InChI=1S/C23H37N5O.HI/c1-18(19-9-5-4-6-10-19)28-15-13-21(14-16-28)26-23(24-17-22(29)27(2)3)25-20-11-7-8-12-20;/h4-6,9-10,18,20-21H,7-8,11-17H2,1-3H3,(H2,24,25,26);1H. The first-order valence-corrected chi connectivity index (χ1v) is 11.1. The van der Waals surface area contributed by atoms with Gasteiger partial charge in [0.2, 0.25) is 5.91 Å². The molecule has 1 atom stereocenters. The van der Waals surface area contributed by atoms with Crippen LogP contribution in [0.4, 0.5) is 0 Å². The smallest absolute Gasteiger partial charge is 0.243 e. The monoisotopic (exact) mass is 527 g/mol. The first-order chi connectivity index (χ1) is 14.0. The fraction of sp³-hybridized carbons (Fsp3) is 0.652. The van der Waals surface area contributed by atoms with Gasteiger partial charge >= 0.3 is 0 Å². The molecule has 1 unspecified atom stereocenters. The van der Waals surface area contributed by atoms with Gasteiger partial charge in [-0.2, -0.15) is 0 Å². The lowest BCUT2D eigenvalue weighted by Crippen LogP contribution is -2.51. The Kier molecular flexibility index (Phi) is 10.4. The van der Waals surface area contributed by atoms with Crippen molar-refractivity contribution < 1.29 is 4.79 Å². The Labute approximate surface area is 198 Å². The van der Waals surface area contributed by atoms with Gasteiger partial charge in [-0.1, -0.05) is 43.2 Å². The molecule has 6 nitrogen and oxygen atoms in total. The summed E-state index contributed by atoms with van der Waals surface area (Å²) < 4.78 is 0. The van der Waals surface area contributed by atoms with Gasteiger partial charge in [-0.05, 0) is 38.2 Å². The van der Waals surface area contributed by atoms with Crippen LogP contribution in [0.25, 0.3) is 0 Å².